The van der Waals surface area contributed by atoms with E-state index in [1.807, 2.05) is 48.5 Å². The second kappa shape index (κ2) is 6.58. The molecular weight excluding hydrogens is 300 g/mol. The van der Waals surface area contributed by atoms with Gasteiger partial charge in [-0.15, -0.1) is 0 Å². The molecule has 0 radical (unpaired) electrons. The molecular formula is C19H18N4O. The van der Waals surface area contributed by atoms with Crippen LogP contribution in [0, 0.1) is 0 Å². The van der Waals surface area contributed by atoms with Crippen molar-refractivity contribution in [3.05, 3.63) is 72.4 Å². The Bertz CT molecular complexity index is 822. The maximum Gasteiger partial charge on any atom is 0.232 e. The highest BCUT2D eigenvalue weighted by Crippen LogP contribution is 2.34. The van der Waals surface area contributed by atoms with Crippen LogP contribution >= 0.6 is 0 Å². The van der Waals surface area contributed by atoms with Crippen molar-refractivity contribution in [2.45, 2.75) is 6.54 Å². The maximum atomic E-state index is 5.70. The lowest BCUT2D eigenvalue weighted by molar-refractivity contribution is 0.313. The highest BCUT2D eigenvalue weighted by Gasteiger charge is 2.21. The zero-order chi connectivity index (χ0) is 16.2. The van der Waals surface area contributed by atoms with Gasteiger partial charge in [-0.1, -0.05) is 42.5 Å². The second-order valence-electron chi connectivity index (χ2n) is 5.55. The molecule has 1 N–H and O–H groups in total. The van der Waals surface area contributed by atoms with E-state index in [0.29, 0.717) is 12.6 Å². The molecule has 0 spiro atoms. The van der Waals surface area contributed by atoms with Crippen molar-refractivity contribution in [1.82, 2.24) is 9.97 Å². The molecule has 0 saturated carbocycles. The summed E-state index contributed by atoms with van der Waals surface area (Å²) in [7, 11) is 0. The molecule has 1 aliphatic heterocycles. The fraction of sp³-hybridized carbons (Fsp3) is 0.158. The number of benzene rings is 2. The summed E-state index contributed by atoms with van der Waals surface area (Å²) < 4.78 is 5.70. The van der Waals surface area contributed by atoms with Crippen molar-refractivity contribution >= 4 is 17.5 Å². The van der Waals surface area contributed by atoms with E-state index < -0.39 is 0 Å². The van der Waals surface area contributed by atoms with Crippen molar-refractivity contribution < 1.29 is 4.74 Å². The molecule has 0 fully saturated rings. The van der Waals surface area contributed by atoms with Crippen LogP contribution in [-0.2, 0) is 6.54 Å². The Morgan fingerprint density at radius 3 is 2.75 bits per heavy atom. The normalized spacial score (nSPS) is 13.1. The number of hydrogen-bond donors (Lipinski definition) is 1. The standard InChI is InChI=1S/C19H18N4O/c1-2-6-15(7-3-1)14-21-18-10-11-20-19(22-18)23-12-13-24-17-9-5-4-8-16(17)23/h1-11H,12-14H2,(H,20,21,22). The predicted molar refractivity (Wildman–Crippen MR) is 94.7 cm³/mol. The van der Waals surface area contributed by atoms with Crippen LogP contribution in [0.15, 0.2) is 66.9 Å². The molecule has 0 unspecified atom stereocenters. The highest BCUT2D eigenvalue weighted by atomic mass is 16.5. The van der Waals surface area contributed by atoms with E-state index in [1.165, 1.54) is 5.56 Å². The average Bonchev–Trinajstić information content (AvgIpc) is 2.67. The van der Waals surface area contributed by atoms with Gasteiger partial charge >= 0.3 is 0 Å². The summed E-state index contributed by atoms with van der Waals surface area (Å²) >= 11 is 0. The number of aromatic nitrogens is 2. The number of hydrogen-bond acceptors (Lipinski definition) is 5. The lowest BCUT2D eigenvalue weighted by atomic mass is 10.2. The van der Waals surface area contributed by atoms with Crippen LogP contribution in [0.25, 0.3) is 0 Å². The third kappa shape index (κ3) is 3.01. The van der Waals surface area contributed by atoms with Gasteiger partial charge in [0.25, 0.3) is 0 Å². The number of nitrogens with one attached hydrogen (secondary N) is 1. The van der Waals surface area contributed by atoms with E-state index in [0.717, 1.165) is 30.3 Å². The molecule has 24 heavy (non-hydrogen) atoms. The topological polar surface area (TPSA) is 50.3 Å². The molecule has 0 bridgehead atoms. The van der Waals surface area contributed by atoms with Gasteiger partial charge in [-0.05, 0) is 23.8 Å². The first-order valence-corrected chi connectivity index (χ1v) is 8.00. The molecule has 2 aromatic carbocycles. The fourth-order valence-electron chi connectivity index (χ4n) is 2.74. The van der Waals surface area contributed by atoms with E-state index in [9.17, 15) is 0 Å². The van der Waals surface area contributed by atoms with Crippen LogP contribution in [0.5, 0.6) is 5.75 Å². The summed E-state index contributed by atoms with van der Waals surface area (Å²) in [6.07, 6.45) is 1.79. The van der Waals surface area contributed by atoms with E-state index in [2.05, 4.69) is 32.3 Å². The highest BCUT2D eigenvalue weighted by molar-refractivity contribution is 5.67. The lowest BCUT2D eigenvalue weighted by Crippen LogP contribution is -2.30. The van der Waals surface area contributed by atoms with Crippen molar-refractivity contribution in [2.75, 3.05) is 23.4 Å². The summed E-state index contributed by atoms with van der Waals surface area (Å²) in [4.78, 5) is 11.2. The quantitative estimate of drug-likeness (QED) is 0.796. The van der Waals surface area contributed by atoms with Gasteiger partial charge in [0.2, 0.25) is 5.95 Å². The molecule has 2 heterocycles. The molecule has 5 nitrogen and oxygen atoms in total. The fourth-order valence-corrected chi connectivity index (χ4v) is 2.74. The van der Waals surface area contributed by atoms with Gasteiger partial charge in [0.15, 0.2) is 0 Å². The summed E-state index contributed by atoms with van der Waals surface area (Å²) in [5, 5.41) is 3.36. The summed E-state index contributed by atoms with van der Waals surface area (Å²) in [6.45, 7) is 2.10. The zero-order valence-electron chi connectivity index (χ0n) is 13.2. The van der Waals surface area contributed by atoms with Crippen LogP contribution in [0.4, 0.5) is 17.5 Å². The van der Waals surface area contributed by atoms with E-state index in [1.54, 1.807) is 6.20 Å². The first-order valence-electron chi connectivity index (χ1n) is 8.00. The Hall–Kier alpha value is -3.08. The van der Waals surface area contributed by atoms with Crippen LogP contribution in [0.1, 0.15) is 5.56 Å². The van der Waals surface area contributed by atoms with E-state index in [4.69, 9.17) is 4.74 Å². The molecule has 120 valence electrons. The van der Waals surface area contributed by atoms with E-state index in [-0.39, 0.29) is 0 Å². The van der Waals surface area contributed by atoms with Crippen molar-refractivity contribution in [3.8, 4) is 5.75 Å². The Morgan fingerprint density at radius 2 is 1.83 bits per heavy atom. The number of rotatable bonds is 4. The Kier molecular flexibility index (Phi) is 3.98. The Morgan fingerprint density at radius 1 is 1.00 bits per heavy atom. The minimum absolute atomic E-state index is 0.627. The number of ether oxygens (including phenoxy) is 1. The smallest absolute Gasteiger partial charge is 0.232 e. The van der Waals surface area contributed by atoms with Gasteiger partial charge in [-0.25, -0.2) is 4.98 Å². The Balaban J connectivity index is 1.55. The third-order valence-electron chi connectivity index (χ3n) is 3.93. The first kappa shape index (κ1) is 14.5. The van der Waals surface area contributed by atoms with Crippen molar-refractivity contribution in [2.24, 2.45) is 0 Å². The number of nitrogens with zero attached hydrogens (tertiary/aromatic N) is 3. The van der Waals surface area contributed by atoms with Crippen LogP contribution < -0.4 is 15.0 Å². The van der Waals surface area contributed by atoms with Gasteiger partial charge in [-0.3, -0.25) is 0 Å². The van der Waals surface area contributed by atoms with E-state index >= 15 is 0 Å². The largest absolute Gasteiger partial charge is 0.490 e. The van der Waals surface area contributed by atoms with Crippen molar-refractivity contribution in [1.29, 1.82) is 0 Å². The first-order chi connectivity index (χ1) is 11.9. The summed E-state index contributed by atoms with van der Waals surface area (Å²) in [5.74, 6) is 2.37. The molecule has 5 heteroatoms. The second-order valence-corrected chi connectivity index (χ2v) is 5.55. The maximum absolute atomic E-state index is 5.70. The average molecular weight is 318 g/mol. The van der Waals surface area contributed by atoms with Gasteiger partial charge in [0.1, 0.15) is 18.2 Å². The van der Waals surface area contributed by atoms with Crippen LogP contribution in [0.3, 0.4) is 0 Å². The molecule has 0 amide bonds. The third-order valence-corrected chi connectivity index (χ3v) is 3.93. The van der Waals surface area contributed by atoms with Gasteiger partial charge in [0.05, 0.1) is 12.2 Å². The number of anilines is 3. The SMILES string of the molecule is c1ccc(CNc2ccnc(N3CCOc4ccccc43)n2)cc1. The number of fused-ring (bicyclic) bond motifs is 1. The van der Waals surface area contributed by atoms with Gasteiger partial charge < -0.3 is 15.0 Å². The lowest BCUT2D eigenvalue weighted by Gasteiger charge is -2.29. The molecule has 4 rings (SSSR count). The predicted octanol–water partition coefficient (Wildman–Crippen LogP) is 3.62. The molecule has 0 aliphatic carbocycles. The molecule has 1 aromatic heterocycles. The van der Waals surface area contributed by atoms with Gasteiger partial charge in [-0.2, -0.15) is 4.98 Å². The number of para-hydroxylation sites is 2. The molecule has 0 atom stereocenters. The van der Waals surface area contributed by atoms with Gasteiger partial charge in [0, 0.05) is 12.7 Å². The minimum atomic E-state index is 0.627. The van der Waals surface area contributed by atoms with Crippen LogP contribution in [0.2, 0.25) is 0 Å². The summed E-state index contributed by atoms with van der Waals surface area (Å²) in [5.41, 5.74) is 2.22. The Labute approximate surface area is 140 Å². The minimum Gasteiger partial charge on any atom is -0.490 e. The van der Waals surface area contributed by atoms with Crippen molar-refractivity contribution in [3.63, 3.8) is 0 Å². The molecule has 3 aromatic rings. The molecule has 1 aliphatic rings. The zero-order valence-corrected chi connectivity index (χ0v) is 13.2. The van der Waals surface area contributed by atoms with Crippen LogP contribution in [-0.4, -0.2) is 23.1 Å². The molecule has 0 saturated heterocycles. The monoisotopic (exact) mass is 318 g/mol. The summed E-state index contributed by atoms with van der Waals surface area (Å²) in [6, 6.07) is 20.1.